The molecule has 0 aliphatic rings. The summed E-state index contributed by atoms with van der Waals surface area (Å²) in [7, 11) is 0. The fraction of sp³-hybridized carbons (Fsp3) is 0.500. The third-order valence-corrected chi connectivity index (χ3v) is 6.10. The fourth-order valence-electron chi connectivity index (χ4n) is 3.91. The summed E-state index contributed by atoms with van der Waals surface area (Å²) in [4.78, 5) is 21.1. The second-order valence-electron chi connectivity index (χ2n) is 9.79. The molecule has 0 saturated carbocycles. The lowest BCUT2D eigenvalue weighted by molar-refractivity contribution is -0.274. The maximum atomic E-state index is 12.7. The van der Waals surface area contributed by atoms with E-state index in [1.165, 1.54) is 30.6 Å². The monoisotopic (exact) mass is 711 g/mol. The minimum atomic E-state index is -4.77. The van der Waals surface area contributed by atoms with Crippen molar-refractivity contribution in [1.82, 2.24) is 15.3 Å². The largest absolute Gasteiger partial charge is 0.573 e. The molecule has 16 heteroatoms. The van der Waals surface area contributed by atoms with Gasteiger partial charge >= 0.3 is 6.36 Å². The quantitative estimate of drug-likeness (QED) is 0.105. The number of ether oxygens (including phenoxy) is 7. The molecule has 0 unspecified atom stereocenters. The third kappa shape index (κ3) is 19.3. The van der Waals surface area contributed by atoms with E-state index < -0.39 is 6.36 Å². The molecule has 13 nitrogen and oxygen atoms in total. The second kappa shape index (κ2) is 26.0. The van der Waals surface area contributed by atoms with E-state index in [-0.39, 0.29) is 11.7 Å². The van der Waals surface area contributed by atoms with Crippen LogP contribution in [0.25, 0.3) is 11.3 Å². The van der Waals surface area contributed by atoms with E-state index in [1.807, 2.05) is 13.8 Å². The van der Waals surface area contributed by atoms with Crippen LogP contribution in [0, 0.1) is 0 Å². The number of carbonyl (C=O) groups excluding carboxylic acids is 1. The molecule has 0 bridgehead atoms. The van der Waals surface area contributed by atoms with Gasteiger partial charge in [-0.25, -0.2) is 9.97 Å². The Hall–Kier alpha value is -3.90. The van der Waals surface area contributed by atoms with E-state index in [9.17, 15) is 18.0 Å². The minimum Gasteiger partial charge on any atom is -0.406 e. The summed E-state index contributed by atoms with van der Waals surface area (Å²) in [6.07, 6.45) is -3.42. The van der Waals surface area contributed by atoms with Gasteiger partial charge in [-0.05, 0) is 36.4 Å². The van der Waals surface area contributed by atoms with Gasteiger partial charge in [0.05, 0.1) is 85.0 Å². The Kier molecular flexibility index (Phi) is 22.0. The number of carbonyl (C=O) groups is 1. The summed E-state index contributed by atoms with van der Waals surface area (Å²) < 4.78 is 73.5. The van der Waals surface area contributed by atoms with Crippen molar-refractivity contribution in [3.8, 4) is 17.0 Å². The highest BCUT2D eigenvalue weighted by atomic mass is 19.4. The van der Waals surface area contributed by atoms with Crippen LogP contribution in [-0.2, 0) is 28.4 Å². The molecule has 1 heterocycles. The van der Waals surface area contributed by atoms with Crippen molar-refractivity contribution in [3.05, 3.63) is 66.5 Å². The van der Waals surface area contributed by atoms with Crippen LogP contribution in [0.1, 0.15) is 24.2 Å². The molecule has 0 aliphatic heterocycles. The first-order valence-corrected chi connectivity index (χ1v) is 16.3. The number of nitrogens with two attached hydrogens (primary N) is 1. The smallest absolute Gasteiger partial charge is 0.406 e. The molecule has 0 aliphatic carbocycles. The molecule has 1 aromatic heterocycles. The van der Waals surface area contributed by atoms with Crippen molar-refractivity contribution >= 4 is 17.4 Å². The Balaban J connectivity index is 0.00000425. The van der Waals surface area contributed by atoms with Crippen LogP contribution in [0.5, 0.6) is 5.75 Å². The summed E-state index contributed by atoms with van der Waals surface area (Å²) in [6.45, 7) is 10.3. The van der Waals surface area contributed by atoms with Gasteiger partial charge in [0, 0.05) is 36.0 Å². The molecule has 0 spiro atoms. The standard InChI is InChI=1S/C32H42F3N5O8.C2H6/c33-32(34,35)48-28-6-4-27(5-7-28)40-30-23-29(38-24-39-30)25-2-1-3-26(22-25)31(41)37-9-11-43-13-15-45-17-19-47-21-20-46-18-16-44-14-12-42-10-8-36;1-2/h1-7,22-24H,8-21,36H2,(H,37,41)(H,38,39,40);1-2H3. The zero-order chi connectivity index (χ0) is 36.3. The first kappa shape index (κ1) is 42.3. The molecule has 0 saturated heterocycles. The molecule has 0 fully saturated rings. The normalized spacial score (nSPS) is 11.1. The highest BCUT2D eigenvalue weighted by molar-refractivity contribution is 5.95. The van der Waals surface area contributed by atoms with Crippen LogP contribution in [-0.4, -0.2) is 115 Å². The average molecular weight is 712 g/mol. The Morgan fingerprint density at radius 2 is 1.26 bits per heavy atom. The maximum absolute atomic E-state index is 12.7. The van der Waals surface area contributed by atoms with Crippen molar-refractivity contribution in [1.29, 1.82) is 0 Å². The lowest BCUT2D eigenvalue weighted by atomic mass is 10.1. The summed E-state index contributed by atoms with van der Waals surface area (Å²) in [6, 6.07) is 13.8. The van der Waals surface area contributed by atoms with Gasteiger partial charge < -0.3 is 49.5 Å². The van der Waals surface area contributed by atoms with Gasteiger partial charge in [-0.15, -0.1) is 13.2 Å². The van der Waals surface area contributed by atoms with Crippen LogP contribution >= 0.6 is 0 Å². The molecule has 2 aromatic carbocycles. The van der Waals surface area contributed by atoms with Crippen molar-refractivity contribution < 1.29 is 51.1 Å². The lowest BCUT2D eigenvalue weighted by Gasteiger charge is -2.11. The van der Waals surface area contributed by atoms with Gasteiger partial charge in [0.2, 0.25) is 0 Å². The van der Waals surface area contributed by atoms with Gasteiger partial charge in [0.25, 0.3) is 5.91 Å². The van der Waals surface area contributed by atoms with Gasteiger partial charge in [0.1, 0.15) is 17.9 Å². The Bertz CT molecular complexity index is 1320. The molecular weight excluding hydrogens is 663 g/mol. The van der Waals surface area contributed by atoms with Crippen molar-refractivity contribution in [2.75, 3.05) is 97.7 Å². The van der Waals surface area contributed by atoms with Crippen molar-refractivity contribution in [3.63, 3.8) is 0 Å². The molecular formula is C34H48F3N5O8. The van der Waals surface area contributed by atoms with E-state index in [4.69, 9.17) is 34.2 Å². The SMILES string of the molecule is CC.NCCOCCOCCOCCOCCOCCOCCNC(=O)c1cccc(-c2cc(Nc3ccc(OC(F)(F)F)cc3)ncn2)c1. The van der Waals surface area contributed by atoms with Crippen LogP contribution in [0.15, 0.2) is 60.9 Å². The summed E-state index contributed by atoms with van der Waals surface area (Å²) in [5, 5.41) is 5.83. The third-order valence-electron chi connectivity index (χ3n) is 6.10. The second-order valence-corrected chi connectivity index (χ2v) is 9.79. The minimum absolute atomic E-state index is 0.271. The van der Waals surface area contributed by atoms with E-state index >= 15 is 0 Å². The molecule has 3 rings (SSSR count). The van der Waals surface area contributed by atoms with Crippen molar-refractivity contribution in [2.24, 2.45) is 5.73 Å². The van der Waals surface area contributed by atoms with Gasteiger partial charge in [-0.1, -0.05) is 26.0 Å². The number of hydrogen-bond acceptors (Lipinski definition) is 12. The molecule has 0 atom stereocenters. The predicted molar refractivity (Wildman–Crippen MR) is 182 cm³/mol. The average Bonchev–Trinajstić information content (AvgIpc) is 3.12. The predicted octanol–water partition coefficient (Wildman–Crippen LogP) is 4.60. The van der Waals surface area contributed by atoms with Crippen LogP contribution < -0.4 is 21.1 Å². The number of halogens is 3. The Labute approximate surface area is 290 Å². The molecule has 50 heavy (non-hydrogen) atoms. The van der Waals surface area contributed by atoms with Crippen LogP contribution in [0.3, 0.4) is 0 Å². The first-order valence-electron chi connectivity index (χ1n) is 16.3. The summed E-state index contributed by atoms with van der Waals surface area (Å²) >= 11 is 0. The number of amides is 1. The Morgan fingerprint density at radius 3 is 1.80 bits per heavy atom. The fourth-order valence-corrected chi connectivity index (χ4v) is 3.91. The summed E-state index contributed by atoms with van der Waals surface area (Å²) in [5.41, 5.74) is 7.49. The molecule has 3 aromatic rings. The van der Waals surface area contributed by atoms with Gasteiger partial charge in [-0.2, -0.15) is 0 Å². The van der Waals surface area contributed by atoms with E-state index in [0.29, 0.717) is 121 Å². The van der Waals surface area contributed by atoms with Crippen LogP contribution in [0.4, 0.5) is 24.7 Å². The molecule has 1 amide bonds. The summed E-state index contributed by atoms with van der Waals surface area (Å²) in [5.74, 6) is -0.188. The number of aromatic nitrogens is 2. The zero-order valence-corrected chi connectivity index (χ0v) is 28.5. The number of benzene rings is 2. The number of nitrogens with zero attached hydrogens (tertiary/aromatic N) is 2. The number of alkyl halides is 3. The first-order chi connectivity index (χ1) is 24.3. The topological polar surface area (TPSA) is 158 Å². The van der Waals surface area contributed by atoms with E-state index in [0.717, 1.165) is 0 Å². The molecule has 278 valence electrons. The zero-order valence-electron chi connectivity index (χ0n) is 28.5. The number of hydrogen-bond donors (Lipinski definition) is 3. The maximum Gasteiger partial charge on any atom is 0.573 e. The number of nitrogens with one attached hydrogen (secondary N) is 2. The van der Waals surface area contributed by atoms with E-state index in [1.54, 1.807) is 30.3 Å². The molecule has 4 N–H and O–H groups in total. The number of rotatable bonds is 25. The molecule has 0 radical (unpaired) electrons. The Morgan fingerprint density at radius 1 is 0.720 bits per heavy atom. The highest BCUT2D eigenvalue weighted by Gasteiger charge is 2.31. The van der Waals surface area contributed by atoms with Gasteiger partial charge in [-0.3, -0.25) is 4.79 Å². The number of anilines is 2. The highest BCUT2D eigenvalue weighted by Crippen LogP contribution is 2.26. The van der Waals surface area contributed by atoms with Crippen molar-refractivity contribution in [2.45, 2.75) is 20.2 Å². The lowest BCUT2D eigenvalue weighted by Crippen LogP contribution is -2.27. The van der Waals surface area contributed by atoms with Gasteiger partial charge in [0.15, 0.2) is 0 Å². The van der Waals surface area contributed by atoms with E-state index in [2.05, 4.69) is 25.3 Å². The van der Waals surface area contributed by atoms with Crippen LogP contribution in [0.2, 0.25) is 0 Å².